The van der Waals surface area contributed by atoms with Gasteiger partial charge in [-0.25, -0.2) is 0 Å². The van der Waals surface area contributed by atoms with Gasteiger partial charge in [-0.05, 0) is 36.4 Å². The number of nitrogens with one attached hydrogen (secondary N) is 1. The molecule has 2 aromatic rings. The number of hydrogen-bond acceptors (Lipinski definition) is 3. The molecule has 19 heavy (non-hydrogen) atoms. The maximum atomic E-state index is 12.5. The molecule has 0 saturated carbocycles. The van der Waals surface area contributed by atoms with Crippen LogP contribution in [0.25, 0.3) is 10.9 Å². The molecule has 1 aliphatic heterocycles. The molecule has 0 radical (unpaired) electrons. The third kappa shape index (κ3) is 2.56. The van der Waals surface area contributed by atoms with E-state index in [0.717, 1.165) is 47.6 Å². The Morgan fingerprint density at radius 1 is 1.26 bits per heavy atom. The van der Waals surface area contributed by atoms with Gasteiger partial charge in [0, 0.05) is 35.4 Å². The minimum absolute atomic E-state index is 0.0947. The van der Waals surface area contributed by atoms with Crippen LogP contribution in [-0.4, -0.2) is 40.4 Å². The van der Waals surface area contributed by atoms with Crippen LogP contribution >= 0.6 is 11.8 Å². The zero-order valence-electron chi connectivity index (χ0n) is 10.7. The highest BCUT2D eigenvalue weighted by Gasteiger charge is 2.19. The second kappa shape index (κ2) is 5.17. The van der Waals surface area contributed by atoms with Crippen LogP contribution in [-0.2, 0) is 0 Å². The van der Waals surface area contributed by atoms with Gasteiger partial charge in [0.05, 0.1) is 0 Å². The topological polar surface area (TPSA) is 62.1 Å². The molecule has 0 spiro atoms. The largest absolute Gasteiger partial charge is 0.399 e. The van der Waals surface area contributed by atoms with Crippen LogP contribution in [0.15, 0.2) is 24.3 Å². The number of nitrogens with two attached hydrogens (primary N) is 1. The van der Waals surface area contributed by atoms with E-state index in [4.69, 9.17) is 5.73 Å². The van der Waals surface area contributed by atoms with Gasteiger partial charge in [0.1, 0.15) is 5.69 Å². The molecule has 1 saturated heterocycles. The van der Waals surface area contributed by atoms with Gasteiger partial charge >= 0.3 is 0 Å². The zero-order chi connectivity index (χ0) is 13.2. The summed E-state index contributed by atoms with van der Waals surface area (Å²) in [5, 5.41) is 0.993. The molecule has 4 nitrogen and oxygen atoms in total. The molecule has 1 aromatic heterocycles. The standard InChI is InChI=1S/C14H17N3OS/c15-11-2-3-12-10(8-11)9-13(16-12)14(18)17-4-1-6-19-7-5-17/h2-3,8-9,16H,1,4-7,15H2. The summed E-state index contributed by atoms with van der Waals surface area (Å²) in [6, 6.07) is 7.54. The molecule has 5 heteroatoms. The van der Waals surface area contributed by atoms with E-state index in [1.807, 2.05) is 40.9 Å². The first-order chi connectivity index (χ1) is 9.24. The molecule has 1 fully saturated rings. The first kappa shape index (κ1) is 12.4. The average molecular weight is 275 g/mol. The molecule has 0 aliphatic carbocycles. The highest BCUT2D eigenvalue weighted by atomic mass is 32.2. The Labute approximate surface area is 116 Å². The number of aromatic amines is 1. The molecular weight excluding hydrogens is 258 g/mol. The number of aromatic nitrogens is 1. The van der Waals surface area contributed by atoms with Crippen molar-refractivity contribution in [3.05, 3.63) is 30.0 Å². The van der Waals surface area contributed by atoms with Crippen molar-refractivity contribution >= 4 is 34.3 Å². The van der Waals surface area contributed by atoms with Crippen LogP contribution in [0.5, 0.6) is 0 Å². The number of hydrogen-bond donors (Lipinski definition) is 2. The third-order valence-corrected chi connectivity index (χ3v) is 4.43. The van der Waals surface area contributed by atoms with Crippen molar-refractivity contribution in [3.63, 3.8) is 0 Å². The predicted octanol–water partition coefficient (Wildman–Crippen LogP) is 2.33. The maximum Gasteiger partial charge on any atom is 0.270 e. The molecule has 0 atom stereocenters. The van der Waals surface area contributed by atoms with E-state index in [9.17, 15) is 4.79 Å². The summed E-state index contributed by atoms with van der Waals surface area (Å²) < 4.78 is 0. The second-order valence-corrected chi connectivity index (χ2v) is 6.01. The molecule has 1 amide bonds. The van der Waals surface area contributed by atoms with Crippen molar-refractivity contribution in [1.82, 2.24) is 9.88 Å². The lowest BCUT2D eigenvalue weighted by Gasteiger charge is -2.18. The fourth-order valence-corrected chi connectivity index (χ4v) is 3.27. The highest BCUT2D eigenvalue weighted by Crippen LogP contribution is 2.20. The van der Waals surface area contributed by atoms with Crippen molar-refractivity contribution in [2.75, 3.05) is 30.3 Å². The Kier molecular flexibility index (Phi) is 3.38. The number of carbonyl (C=O) groups is 1. The number of benzene rings is 1. The Morgan fingerprint density at radius 2 is 2.16 bits per heavy atom. The number of amides is 1. The van der Waals surface area contributed by atoms with E-state index in [-0.39, 0.29) is 5.91 Å². The number of H-pyrrole nitrogens is 1. The van der Waals surface area contributed by atoms with Crippen LogP contribution in [0.2, 0.25) is 0 Å². The highest BCUT2D eigenvalue weighted by molar-refractivity contribution is 7.99. The predicted molar refractivity (Wildman–Crippen MR) is 80.6 cm³/mol. The minimum atomic E-state index is 0.0947. The van der Waals surface area contributed by atoms with Crippen LogP contribution in [0.4, 0.5) is 5.69 Å². The zero-order valence-corrected chi connectivity index (χ0v) is 11.5. The summed E-state index contributed by atoms with van der Waals surface area (Å²) in [5.74, 6) is 2.27. The molecule has 0 unspecified atom stereocenters. The Bertz CT molecular complexity index is 600. The van der Waals surface area contributed by atoms with Crippen molar-refractivity contribution in [2.45, 2.75) is 6.42 Å². The summed E-state index contributed by atoms with van der Waals surface area (Å²) in [6.07, 6.45) is 1.07. The number of anilines is 1. The summed E-state index contributed by atoms with van der Waals surface area (Å²) in [4.78, 5) is 17.6. The Balaban J connectivity index is 1.88. The molecule has 3 N–H and O–H groups in total. The summed E-state index contributed by atoms with van der Waals surface area (Å²) in [5.41, 5.74) is 8.10. The first-order valence-corrected chi connectivity index (χ1v) is 7.65. The van der Waals surface area contributed by atoms with Crippen LogP contribution in [0.1, 0.15) is 16.9 Å². The third-order valence-electron chi connectivity index (χ3n) is 3.38. The number of nitrogens with zero attached hydrogens (tertiary/aromatic N) is 1. The number of carbonyl (C=O) groups excluding carboxylic acids is 1. The van der Waals surface area contributed by atoms with Gasteiger partial charge in [0.25, 0.3) is 5.91 Å². The van der Waals surface area contributed by atoms with E-state index in [1.165, 1.54) is 0 Å². The van der Waals surface area contributed by atoms with Crippen molar-refractivity contribution in [3.8, 4) is 0 Å². The molecule has 0 bridgehead atoms. The molecule has 2 heterocycles. The van der Waals surface area contributed by atoms with Crippen molar-refractivity contribution in [2.24, 2.45) is 0 Å². The number of nitrogen functional groups attached to an aromatic ring is 1. The van der Waals surface area contributed by atoms with Crippen LogP contribution in [0.3, 0.4) is 0 Å². The van der Waals surface area contributed by atoms with E-state index in [0.29, 0.717) is 5.69 Å². The van der Waals surface area contributed by atoms with Gasteiger partial charge in [-0.2, -0.15) is 11.8 Å². The van der Waals surface area contributed by atoms with Gasteiger partial charge in [0.2, 0.25) is 0 Å². The van der Waals surface area contributed by atoms with Gasteiger partial charge in [0.15, 0.2) is 0 Å². The number of fused-ring (bicyclic) bond motifs is 1. The molecule has 3 rings (SSSR count). The van der Waals surface area contributed by atoms with Gasteiger partial charge in [-0.1, -0.05) is 0 Å². The van der Waals surface area contributed by atoms with Gasteiger partial charge < -0.3 is 15.6 Å². The molecule has 1 aliphatic rings. The second-order valence-electron chi connectivity index (χ2n) is 4.79. The van der Waals surface area contributed by atoms with E-state index < -0.39 is 0 Å². The fraction of sp³-hybridized carbons (Fsp3) is 0.357. The minimum Gasteiger partial charge on any atom is -0.399 e. The molecular formula is C14H17N3OS. The Hall–Kier alpha value is -1.62. The summed E-state index contributed by atoms with van der Waals surface area (Å²) in [6.45, 7) is 1.68. The Morgan fingerprint density at radius 3 is 3.05 bits per heavy atom. The fourth-order valence-electron chi connectivity index (χ4n) is 2.39. The van der Waals surface area contributed by atoms with E-state index >= 15 is 0 Å². The monoisotopic (exact) mass is 275 g/mol. The lowest BCUT2D eigenvalue weighted by molar-refractivity contribution is 0.0763. The number of thioether (sulfide) groups is 1. The van der Waals surface area contributed by atoms with Crippen LogP contribution < -0.4 is 5.73 Å². The van der Waals surface area contributed by atoms with Gasteiger partial charge in [-0.15, -0.1) is 0 Å². The quantitative estimate of drug-likeness (QED) is 0.785. The number of rotatable bonds is 1. The normalized spacial score (nSPS) is 16.5. The van der Waals surface area contributed by atoms with E-state index in [1.54, 1.807) is 0 Å². The molecule has 1 aromatic carbocycles. The summed E-state index contributed by atoms with van der Waals surface area (Å²) >= 11 is 1.92. The average Bonchev–Trinajstić information content (AvgIpc) is 2.64. The first-order valence-electron chi connectivity index (χ1n) is 6.49. The van der Waals surface area contributed by atoms with E-state index in [2.05, 4.69) is 4.98 Å². The lowest BCUT2D eigenvalue weighted by Crippen LogP contribution is -2.33. The lowest BCUT2D eigenvalue weighted by atomic mass is 10.2. The smallest absolute Gasteiger partial charge is 0.270 e. The maximum absolute atomic E-state index is 12.5. The van der Waals surface area contributed by atoms with Crippen molar-refractivity contribution < 1.29 is 4.79 Å². The van der Waals surface area contributed by atoms with Crippen molar-refractivity contribution in [1.29, 1.82) is 0 Å². The molecule has 100 valence electrons. The van der Waals surface area contributed by atoms with Gasteiger partial charge in [-0.3, -0.25) is 4.79 Å². The van der Waals surface area contributed by atoms with Crippen LogP contribution in [0, 0.1) is 0 Å². The SMILES string of the molecule is Nc1ccc2[nH]c(C(=O)N3CCCSCC3)cc2c1. The summed E-state index contributed by atoms with van der Waals surface area (Å²) in [7, 11) is 0.